The Morgan fingerprint density at radius 3 is 2.95 bits per heavy atom. The summed E-state index contributed by atoms with van der Waals surface area (Å²) < 4.78 is 24.1. The summed E-state index contributed by atoms with van der Waals surface area (Å²) in [6.45, 7) is 3.44. The Morgan fingerprint density at radius 1 is 1.74 bits per heavy atom. The number of hydrogen-bond donors (Lipinski definition) is 2. The number of rotatable bonds is 7. The number of hydrogen-bond acceptors (Lipinski definition) is 7. The molecule has 0 aliphatic heterocycles. The van der Waals surface area contributed by atoms with Crippen LogP contribution in [0.4, 0.5) is 5.13 Å². The molecule has 2 N–H and O–H groups in total. The molecule has 0 saturated carbocycles. The fourth-order valence-corrected chi connectivity index (χ4v) is 2.49. The molecule has 0 saturated heterocycles. The summed E-state index contributed by atoms with van der Waals surface area (Å²) in [5.41, 5.74) is -0.410. The molecule has 1 aromatic rings. The summed E-state index contributed by atoms with van der Waals surface area (Å²) >= 11 is 0.940. The Labute approximate surface area is 113 Å². The maximum absolute atomic E-state index is 11.0. The van der Waals surface area contributed by atoms with Crippen molar-refractivity contribution in [2.75, 3.05) is 17.6 Å². The fraction of sp³-hybridized carbons (Fsp3) is 0.222. The van der Waals surface area contributed by atoms with Gasteiger partial charge in [0.15, 0.2) is 5.13 Å². The Bertz CT molecular complexity index is 605. The number of nitrogens with one attached hydrogen (secondary N) is 1. The summed E-state index contributed by atoms with van der Waals surface area (Å²) in [5, 5.41) is 13.8. The number of sulfonamides is 1. The molecule has 0 radical (unpaired) electrons. The molecule has 0 spiro atoms. The number of aliphatic carboxylic acids is 1. The van der Waals surface area contributed by atoms with E-state index in [1.54, 1.807) is 0 Å². The first-order valence-corrected chi connectivity index (χ1v) is 7.58. The summed E-state index contributed by atoms with van der Waals surface area (Å²) in [4.78, 5) is 19.5. The number of nitrogens with zero attached hydrogens (tertiary/aromatic N) is 2. The highest BCUT2D eigenvalue weighted by molar-refractivity contribution is 7.92. The van der Waals surface area contributed by atoms with Gasteiger partial charge in [-0.2, -0.15) is 0 Å². The van der Waals surface area contributed by atoms with Crippen molar-refractivity contribution >= 4 is 38.2 Å². The minimum Gasteiger partial charge on any atom is -0.476 e. The van der Waals surface area contributed by atoms with Crippen molar-refractivity contribution in [1.82, 2.24) is 4.98 Å². The van der Waals surface area contributed by atoms with Gasteiger partial charge in [0.1, 0.15) is 12.3 Å². The molecule has 10 heteroatoms. The number of oxime groups is 1. The summed E-state index contributed by atoms with van der Waals surface area (Å²) in [7, 11) is -3.46. The van der Waals surface area contributed by atoms with E-state index in [2.05, 4.69) is 26.3 Å². The molecule has 104 valence electrons. The maximum Gasteiger partial charge on any atom is 0.360 e. The average molecular weight is 305 g/mol. The second kappa shape index (κ2) is 6.29. The van der Waals surface area contributed by atoms with E-state index in [1.165, 1.54) is 11.5 Å². The number of carboxylic acid groups (broad SMARTS) is 1. The third kappa shape index (κ3) is 5.06. The molecule has 0 atom stereocenters. The Morgan fingerprint density at radius 2 is 2.42 bits per heavy atom. The van der Waals surface area contributed by atoms with Crippen LogP contribution in [0, 0.1) is 0 Å². The number of aromatic nitrogens is 1. The minimum absolute atomic E-state index is 0.00714. The number of carbonyl (C=O) groups is 1. The Balaban J connectivity index is 2.95. The summed E-state index contributed by atoms with van der Waals surface area (Å²) in [5.74, 6) is -1.33. The van der Waals surface area contributed by atoms with Crippen molar-refractivity contribution in [2.24, 2.45) is 5.16 Å². The van der Waals surface area contributed by atoms with E-state index in [-0.39, 0.29) is 17.4 Å². The van der Waals surface area contributed by atoms with E-state index in [9.17, 15) is 13.2 Å². The van der Waals surface area contributed by atoms with Gasteiger partial charge in [-0.3, -0.25) is 4.72 Å². The standard InChI is InChI=1S/C9H11N3O5S2/c1-3-4-17-11-7(8(13)14)6-5-18-9(10-6)12-19(2,15)16/h3,5H,1,4H2,2H3,(H,10,12)(H,13,14). The van der Waals surface area contributed by atoms with Gasteiger partial charge in [-0.1, -0.05) is 17.8 Å². The van der Waals surface area contributed by atoms with Crippen LogP contribution in [0.5, 0.6) is 0 Å². The Kier molecular flexibility index (Phi) is 5.01. The van der Waals surface area contributed by atoms with Crippen LogP contribution < -0.4 is 4.72 Å². The van der Waals surface area contributed by atoms with Crippen molar-refractivity contribution in [1.29, 1.82) is 0 Å². The number of thiazole rings is 1. The molecule has 1 rings (SSSR count). The quantitative estimate of drug-likeness (QED) is 0.328. The zero-order chi connectivity index (χ0) is 14.5. The van der Waals surface area contributed by atoms with E-state index in [0.717, 1.165) is 17.6 Å². The van der Waals surface area contributed by atoms with Gasteiger partial charge in [-0.25, -0.2) is 18.2 Å². The molecule has 0 aromatic carbocycles. The maximum atomic E-state index is 11.0. The van der Waals surface area contributed by atoms with E-state index >= 15 is 0 Å². The first-order valence-electron chi connectivity index (χ1n) is 4.81. The van der Waals surface area contributed by atoms with Gasteiger partial charge in [0.25, 0.3) is 0 Å². The minimum atomic E-state index is -3.46. The lowest BCUT2D eigenvalue weighted by Gasteiger charge is -1.98. The van der Waals surface area contributed by atoms with E-state index in [1.807, 2.05) is 0 Å². The molecule has 1 aromatic heterocycles. The first-order chi connectivity index (χ1) is 8.83. The van der Waals surface area contributed by atoms with Crippen molar-refractivity contribution in [2.45, 2.75) is 0 Å². The number of anilines is 1. The smallest absolute Gasteiger partial charge is 0.360 e. The van der Waals surface area contributed by atoms with E-state index < -0.39 is 21.7 Å². The lowest BCUT2D eigenvalue weighted by molar-refractivity contribution is -0.129. The SMILES string of the molecule is C=CCON=C(C(=O)O)c1csc(NS(C)(=O)=O)n1. The van der Waals surface area contributed by atoms with Gasteiger partial charge >= 0.3 is 5.97 Å². The van der Waals surface area contributed by atoms with Crippen molar-refractivity contribution in [3.63, 3.8) is 0 Å². The van der Waals surface area contributed by atoms with Gasteiger partial charge in [0.05, 0.1) is 6.26 Å². The van der Waals surface area contributed by atoms with Gasteiger partial charge in [-0.05, 0) is 0 Å². The van der Waals surface area contributed by atoms with Crippen LogP contribution in [-0.4, -0.2) is 43.1 Å². The van der Waals surface area contributed by atoms with Gasteiger partial charge < -0.3 is 9.94 Å². The molecular formula is C9H11N3O5S2. The van der Waals surface area contributed by atoms with Crippen LogP contribution >= 0.6 is 11.3 Å². The predicted molar refractivity (Wildman–Crippen MR) is 70.9 cm³/mol. The molecule has 0 aliphatic rings. The average Bonchev–Trinajstić information content (AvgIpc) is 2.69. The van der Waals surface area contributed by atoms with Crippen molar-refractivity contribution in [3.05, 3.63) is 23.7 Å². The van der Waals surface area contributed by atoms with Crippen LogP contribution in [-0.2, 0) is 19.7 Å². The van der Waals surface area contributed by atoms with Gasteiger partial charge in [0, 0.05) is 5.38 Å². The normalized spacial score (nSPS) is 11.9. The molecule has 1 heterocycles. The third-order valence-electron chi connectivity index (χ3n) is 1.57. The van der Waals surface area contributed by atoms with Crippen LogP contribution in [0.25, 0.3) is 0 Å². The van der Waals surface area contributed by atoms with Crippen molar-refractivity contribution < 1.29 is 23.2 Å². The molecule has 19 heavy (non-hydrogen) atoms. The van der Waals surface area contributed by atoms with Crippen LogP contribution in [0.1, 0.15) is 5.69 Å². The topological polar surface area (TPSA) is 118 Å². The second-order valence-corrected chi connectivity index (χ2v) is 5.85. The second-order valence-electron chi connectivity index (χ2n) is 3.24. The van der Waals surface area contributed by atoms with Gasteiger partial charge in [-0.15, -0.1) is 11.3 Å². The fourth-order valence-electron chi connectivity index (χ4n) is 0.938. The molecule has 0 fully saturated rings. The summed E-state index contributed by atoms with van der Waals surface area (Å²) in [6, 6.07) is 0. The molecule has 0 aliphatic carbocycles. The molecular weight excluding hydrogens is 294 g/mol. The van der Waals surface area contributed by atoms with E-state index in [4.69, 9.17) is 5.11 Å². The van der Waals surface area contributed by atoms with E-state index in [0.29, 0.717) is 0 Å². The number of carboxylic acids is 1. The zero-order valence-corrected chi connectivity index (χ0v) is 11.5. The largest absolute Gasteiger partial charge is 0.476 e. The Hall–Kier alpha value is -1.94. The lowest BCUT2D eigenvalue weighted by atomic mass is 10.3. The zero-order valence-electron chi connectivity index (χ0n) is 9.86. The molecule has 8 nitrogen and oxygen atoms in total. The van der Waals surface area contributed by atoms with Crippen LogP contribution in [0.2, 0.25) is 0 Å². The van der Waals surface area contributed by atoms with Crippen molar-refractivity contribution in [3.8, 4) is 0 Å². The molecule has 0 amide bonds. The first kappa shape index (κ1) is 15.1. The molecule has 0 unspecified atom stereocenters. The highest BCUT2D eigenvalue weighted by Gasteiger charge is 2.18. The lowest BCUT2D eigenvalue weighted by Crippen LogP contribution is -2.16. The van der Waals surface area contributed by atoms with Crippen LogP contribution in [0.3, 0.4) is 0 Å². The third-order valence-corrected chi connectivity index (χ3v) is 3.02. The molecule has 0 bridgehead atoms. The monoisotopic (exact) mass is 305 g/mol. The summed E-state index contributed by atoms with van der Waals surface area (Å²) in [6.07, 6.45) is 2.37. The van der Waals surface area contributed by atoms with Gasteiger partial charge in [0.2, 0.25) is 15.7 Å². The van der Waals surface area contributed by atoms with Crippen LogP contribution in [0.15, 0.2) is 23.2 Å². The highest BCUT2D eigenvalue weighted by Crippen LogP contribution is 2.17. The predicted octanol–water partition coefficient (Wildman–Crippen LogP) is 0.506. The highest BCUT2D eigenvalue weighted by atomic mass is 32.2.